The van der Waals surface area contributed by atoms with Crippen LogP contribution in [0.15, 0.2) is 18.2 Å². The molecule has 1 aromatic carbocycles. The summed E-state index contributed by atoms with van der Waals surface area (Å²) in [5.41, 5.74) is 7.76. The second-order valence-electron chi connectivity index (χ2n) is 3.74. The summed E-state index contributed by atoms with van der Waals surface area (Å²) in [6, 6.07) is 7.53. The largest absolute Gasteiger partial charge is 0.399 e. The van der Waals surface area contributed by atoms with Crippen LogP contribution < -0.4 is 11.1 Å². The Labute approximate surface area is 83.5 Å². The summed E-state index contributed by atoms with van der Waals surface area (Å²) < 4.78 is 0. The lowest BCUT2D eigenvalue weighted by Crippen LogP contribution is -2.05. The normalized spacial score (nSPS) is 14.8. The Morgan fingerprint density at radius 3 is 2.93 bits per heavy atom. The topological polar surface area (TPSA) is 61.8 Å². The van der Waals surface area contributed by atoms with E-state index in [9.17, 15) is 0 Å². The molecule has 2 rings (SSSR count). The van der Waals surface area contributed by atoms with Crippen LogP contribution in [0.3, 0.4) is 0 Å². The van der Waals surface area contributed by atoms with Gasteiger partial charge in [0, 0.05) is 12.2 Å². The summed E-state index contributed by atoms with van der Waals surface area (Å²) in [4.78, 5) is 0. The van der Waals surface area contributed by atoms with Gasteiger partial charge in [-0.3, -0.25) is 0 Å². The number of benzene rings is 1. The summed E-state index contributed by atoms with van der Waals surface area (Å²) in [7, 11) is 0. The van der Waals surface area contributed by atoms with E-state index in [1.54, 1.807) is 6.07 Å². The number of nitrogens with one attached hydrogen (secondary N) is 1. The molecule has 1 saturated carbocycles. The number of nitrogens with two attached hydrogens (primary N) is 1. The molecule has 14 heavy (non-hydrogen) atoms. The van der Waals surface area contributed by atoms with Gasteiger partial charge in [0.15, 0.2) is 0 Å². The lowest BCUT2D eigenvalue weighted by atomic mass is 10.1. The molecule has 1 fully saturated rings. The molecule has 1 aliphatic rings. The first-order valence-electron chi connectivity index (χ1n) is 4.83. The molecule has 0 atom stereocenters. The molecule has 1 aliphatic carbocycles. The first kappa shape index (κ1) is 8.89. The number of nitriles is 1. The zero-order chi connectivity index (χ0) is 9.97. The minimum atomic E-state index is 0.630. The predicted molar refractivity (Wildman–Crippen MR) is 56.8 cm³/mol. The van der Waals surface area contributed by atoms with E-state index in [1.807, 2.05) is 12.1 Å². The van der Waals surface area contributed by atoms with Crippen LogP contribution in [0.1, 0.15) is 18.4 Å². The first-order chi connectivity index (χ1) is 6.79. The fourth-order valence-electron chi connectivity index (χ4n) is 1.38. The smallest absolute Gasteiger partial charge is 0.101 e. The van der Waals surface area contributed by atoms with Gasteiger partial charge in [0.2, 0.25) is 0 Å². The highest BCUT2D eigenvalue weighted by atomic mass is 14.9. The van der Waals surface area contributed by atoms with E-state index in [0.717, 1.165) is 18.2 Å². The van der Waals surface area contributed by atoms with E-state index in [1.165, 1.54) is 12.8 Å². The van der Waals surface area contributed by atoms with Gasteiger partial charge in [0.1, 0.15) is 6.07 Å². The second kappa shape index (κ2) is 3.59. The van der Waals surface area contributed by atoms with Crippen molar-refractivity contribution in [3.05, 3.63) is 23.8 Å². The van der Waals surface area contributed by atoms with Crippen molar-refractivity contribution in [1.29, 1.82) is 5.26 Å². The molecule has 72 valence electrons. The van der Waals surface area contributed by atoms with E-state index in [4.69, 9.17) is 11.0 Å². The molecule has 3 nitrogen and oxygen atoms in total. The van der Waals surface area contributed by atoms with E-state index < -0.39 is 0 Å². The van der Waals surface area contributed by atoms with Crippen molar-refractivity contribution < 1.29 is 0 Å². The Hall–Kier alpha value is -1.69. The summed E-state index contributed by atoms with van der Waals surface area (Å²) in [6.45, 7) is 0.971. The van der Waals surface area contributed by atoms with Gasteiger partial charge >= 0.3 is 0 Å². The summed E-state index contributed by atoms with van der Waals surface area (Å²) in [6.07, 6.45) is 2.62. The van der Waals surface area contributed by atoms with Gasteiger partial charge in [0.25, 0.3) is 0 Å². The van der Waals surface area contributed by atoms with Crippen LogP contribution in [-0.4, -0.2) is 6.54 Å². The maximum Gasteiger partial charge on any atom is 0.101 e. The van der Waals surface area contributed by atoms with E-state index in [0.29, 0.717) is 11.3 Å². The Morgan fingerprint density at radius 1 is 1.50 bits per heavy atom. The lowest BCUT2D eigenvalue weighted by molar-refractivity contribution is 0.889. The third-order valence-corrected chi connectivity index (χ3v) is 2.44. The van der Waals surface area contributed by atoms with Crippen LogP contribution in [0.2, 0.25) is 0 Å². The Kier molecular flexibility index (Phi) is 2.28. The van der Waals surface area contributed by atoms with Gasteiger partial charge < -0.3 is 11.1 Å². The quantitative estimate of drug-likeness (QED) is 0.711. The Morgan fingerprint density at radius 2 is 2.29 bits per heavy atom. The molecule has 0 amide bonds. The monoisotopic (exact) mass is 187 g/mol. The van der Waals surface area contributed by atoms with E-state index in [2.05, 4.69) is 11.4 Å². The highest BCUT2D eigenvalue weighted by Gasteiger charge is 2.20. The average molecular weight is 187 g/mol. The fourth-order valence-corrected chi connectivity index (χ4v) is 1.38. The number of hydrogen-bond acceptors (Lipinski definition) is 3. The molecular weight excluding hydrogens is 174 g/mol. The maximum absolute atomic E-state index is 8.88. The van der Waals surface area contributed by atoms with Crippen LogP contribution in [-0.2, 0) is 0 Å². The van der Waals surface area contributed by atoms with Gasteiger partial charge in [-0.25, -0.2) is 0 Å². The minimum Gasteiger partial charge on any atom is -0.399 e. The molecule has 0 heterocycles. The zero-order valence-electron chi connectivity index (χ0n) is 7.96. The molecule has 0 aliphatic heterocycles. The SMILES string of the molecule is N#Cc1cc(N)ccc1NCC1CC1. The Balaban J connectivity index is 2.10. The summed E-state index contributed by atoms with van der Waals surface area (Å²) in [5, 5.41) is 12.2. The van der Waals surface area contributed by atoms with Crippen molar-refractivity contribution in [2.24, 2.45) is 5.92 Å². The molecule has 0 saturated heterocycles. The second-order valence-corrected chi connectivity index (χ2v) is 3.74. The van der Waals surface area contributed by atoms with Crippen molar-refractivity contribution in [3.63, 3.8) is 0 Å². The van der Waals surface area contributed by atoms with E-state index in [-0.39, 0.29) is 0 Å². The third-order valence-electron chi connectivity index (χ3n) is 2.44. The van der Waals surface area contributed by atoms with Crippen molar-refractivity contribution in [3.8, 4) is 6.07 Å². The molecule has 3 N–H and O–H groups in total. The van der Waals surface area contributed by atoms with Gasteiger partial charge in [-0.1, -0.05) is 0 Å². The highest BCUT2D eigenvalue weighted by Crippen LogP contribution is 2.29. The van der Waals surface area contributed by atoms with Crippen LogP contribution in [0.25, 0.3) is 0 Å². The molecule has 0 aromatic heterocycles. The maximum atomic E-state index is 8.88. The molecule has 1 aromatic rings. The van der Waals surface area contributed by atoms with Gasteiger partial charge in [-0.15, -0.1) is 0 Å². The molecule has 0 spiro atoms. The Bertz CT molecular complexity index is 375. The van der Waals surface area contributed by atoms with Crippen molar-refractivity contribution in [1.82, 2.24) is 0 Å². The van der Waals surface area contributed by atoms with Crippen LogP contribution >= 0.6 is 0 Å². The fraction of sp³-hybridized carbons (Fsp3) is 0.364. The zero-order valence-corrected chi connectivity index (χ0v) is 7.96. The number of hydrogen-bond donors (Lipinski definition) is 2. The van der Waals surface area contributed by atoms with Crippen LogP contribution in [0, 0.1) is 17.2 Å². The molecular formula is C11H13N3. The number of nitrogen functional groups attached to an aromatic ring is 1. The van der Waals surface area contributed by atoms with Crippen LogP contribution in [0.4, 0.5) is 11.4 Å². The molecule has 3 heteroatoms. The lowest BCUT2D eigenvalue weighted by Gasteiger charge is -2.07. The first-order valence-corrected chi connectivity index (χ1v) is 4.83. The number of rotatable bonds is 3. The predicted octanol–water partition coefficient (Wildman–Crippen LogP) is 1.96. The average Bonchev–Trinajstić information content (AvgIpc) is 2.99. The van der Waals surface area contributed by atoms with Gasteiger partial charge in [-0.2, -0.15) is 5.26 Å². The third kappa shape index (κ3) is 1.97. The highest BCUT2D eigenvalue weighted by molar-refractivity contribution is 5.62. The minimum absolute atomic E-state index is 0.630. The number of anilines is 2. The molecule has 0 unspecified atom stereocenters. The molecule has 0 bridgehead atoms. The standard InChI is InChI=1S/C11H13N3/c12-6-9-5-10(13)3-4-11(9)14-7-8-1-2-8/h3-5,8,14H,1-2,7,13H2. The van der Waals surface area contributed by atoms with Crippen LogP contribution in [0.5, 0.6) is 0 Å². The van der Waals surface area contributed by atoms with Crippen molar-refractivity contribution >= 4 is 11.4 Å². The van der Waals surface area contributed by atoms with Gasteiger partial charge in [0.05, 0.1) is 11.3 Å². The van der Waals surface area contributed by atoms with Gasteiger partial charge in [-0.05, 0) is 37.0 Å². The van der Waals surface area contributed by atoms with E-state index >= 15 is 0 Å². The summed E-state index contributed by atoms with van der Waals surface area (Å²) >= 11 is 0. The molecule has 0 radical (unpaired) electrons. The van der Waals surface area contributed by atoms with Crippen molar-refractivity contribution in [2.75, 3.05) is 17.6 Å². The van der Waals surface area contributed by atoms with Crippen molar-refractivity contribution in [2.45, 2.75) is 12.8 Å². The number of nitrogens with zero attached hydrogens (tertiary/aromatic N) is 1. The summed E-state index contributed by atoms with van der Waals surface area (Å²) in [5.74, 6) is 0.805.